The van der Waals surface area contributed by atoms with E-state index in [1.54, 1.807) is 18.2 Å². The maximum Gasteiger partial charge on any atom is 1.00 e. The molecule has 4 heterocycles. The second kappa shape index (κ2) is 11.6. The van der Waals surface area contributed by atoms with E-state index in [9.17, 15) is 24.3 Å². The molecule has 0 aliphatic carbocycles. The van der Waals surface area contributed by atoms with Crippen molar-refractivity contribution in [2.24, 2.45) is 5.16 Å². The number of nitrogens with one attached hydrogen (secondary N) is 1. The number of hydrogen-bond acceptors (Lipinski definition) is 11. The number of β-lactam (4-membered cyclic amide) rings is 1. The van der Waals surface area contributed by atoms with Gasteiger partial charge in [-0.25, -0.2) is 0 Å². The summed E-state index contributed by atoms with van der Waals surface area (Å²) in [5.41, 5.74) is -0.337. The first-order chi connectivity index (χ1) is 16.4. The molecule has 12 nitrogen and oxygen atoms in total. The number of esters is 1. The van der Waals surface area contributed by atoms with Crippen molar-refractivity contribution in [2.45, 2.75) is 24.9 Å². The van der Waals surface area contributed by atoms with Gasteiger partial charge in [-0.05, 0) is 24.3 Å². The predicted molar refractivity (Wildman–Crippen MR) is 112 cm³/mol. The molecule has 2 atom stereocenters. The van der Waals surface area contributed by atoms with Gasteiger partial charge in [0.15, 0.2) is 12.4 Å². The molecule has 1 N–H and O–H groups in total. The van der Waals surface area contributed by atoms with Crippen LogP contribution >= 0.6 is 11.8 Å². The molecule has 2 aliphatic heterocycles. The molecule has 14 heteroatoms. The number of thioether (sulfide) groups is 1. The van der Waals surface area contributed by atoms with E-state index < -0.39 is 35.2 Å². The van der Waals surface area contributed by atoms with E-state index in [4.69, 9.17) is 18.4 Å². The fraction of sp³-hybridized carbons (Fsp3) is 0.286. The molecule has 0 aromatic carbocycles. The van der Waals surface area contributed by atoms with Crippen LogP contribution in [0.1, 0.15) is 18.4 Å². The zero-order valence-electron chi connectivity index (χ0n) is 18.7. The van der Waals surface area contributed by atoms with Crippen molar-refractivity contribution in [3.63, 3.8) is 0 Å². The maximum atomic E-state index is 12.9. The van der Waals surface area contributed by atoms with Crippen molar-refractivity contribution in [1.82, 2.24) is 10.2 Å². The van der Waals surface area contributed by atoms with Crippen molar-refractivity contribution < 1.29 is 72.3 Å². The number of ether oxygens (including phenoxy) is 1. The van der Waals surface area contributed by atoms with Gasteiger partial charge in [-0.15, -0.1) is 11.8 Å². The molecule has 0 bridgehead atoms. The Bertz CT molecular complexity index is 1160. The molecule has 2 aromatic heterocycles. The number of rotatable bonds is 9. The van der Waals surface area contributed by atoms with E-state index >= 15 is 0 Å². The van der Waals surface area contributed by atoms with Gasteiger partial charge in [0.1, 0.15) is 23.8 Å². The zero-order valence-corrected chi connectivity index (χ0v) is 21.5. The minimum absolute atomic E-state index is 0. The Balaban J connectivity index is 0.00000342. The van der Waals surface area contributed by atoms with Crippen molar-refractivity contribution in [1.29, 1.82) is 0 Å². The Morgan fingerprint density at radius 2 is 1.97 bits per heavy atom. The van der Waals surface area contributed by atoms with E-state index in [2.05, 4.69) is 10.5 Å². The summed E-state index contributed by atoms with van der Waals surface area (Å²) >= 11 is 1.22. The Labute approximate surface area is 224 Å². The van der Waals surface area contributed by atoms with Crippen molar-refractivity contribution in [3.8, 4) is 0 Å². The third-order valence-corrected chi connectivity index (χ3v) is 6.23. The van der Waals surface area contributed by atoms with Crippen molar-refractivity contribution >= 4 is 41.2 Å². The van der Waals surface area contributed by atoms with Crippen LogP contribution in [0.3, 0.4) is 0 Å². The van der Waals surface area contributed by atoms with E-state index in [0.717, 1.165) is 4.90 Å². The Morgan fingerprint density at radius 1 is 1.23 bits per heavy atom. The Hall–Kier alpha value is -3.00. The molecule has 35 heavy (non-hydrogen) atoms. The summed E-state index contributed by atoms with van der Waals surface area (Å²) in [7, 11) is 0. The zero-order chi connectivity index (χ0) is 24.2. The molecule has 2 aliphatic rings. The number of hydrogen-bond donors (Lipinski definition) is 1. The average molecular weight is 511 g/mol. The molecular formula is C21H18N3NaO9S. The van der Waals surface area contributed by atoms with Crippen LogP contribution in [0.2, 0.25) is 0 Å². The van der Waals surface area contributed by atoms with Gasteiger partial charge in [0.25, 0.3) is 11.8 Å². The first-order valence-electron chi connectivity index (χ1n) is 9.95. The summed E-state index contributed by atoms with van der Waals surface area (Å²) in [6.45, 7) is 0.875. The Morgan fingerprint density at radius 3 is 2.60 bits per heavy atom. The van der Waals surface area contributed by atoms with Gasteiger partial charge in [0.05, 0.1) is 24.2 Å². The summed E-state index contributed by atoms with van der Waals surface area (Å²) in [5.74, 6) is -2.81. The molecule has 0 saturated carbocycles. The van der Waals surface area contributed by atoms with Gasteiger partial charge in [-0.3, -0.25) is 19.3 Å². The number of carbonyl (C=O) groups is 4. The van der Waals surface area contributed by atoms with Gasteiger partial charge in [-0.1, -0.05) is 5.16 Å². The van der Waals surface area contributed by atoms with Crippen LogP contribution < -0.4 is 40.0 Å². The van der Waals surface area contributed by atoms with Gasteiger partial charge in [-0.2, -0.15) is 0 Å². The minimum Gasteiger partial charge on any atom is -0.543 e. The summed E-state index contributed by atoms with van der Waals surface area (Å²) in [5, 5.41) is 17.4. The number of carboxylic acid groups (broad SMARTS) is 1. The van der Waals surface area contributed by atoms with Crippen LogP contribution in [0.15, 0.2) is 62.1 Å². The number of furan rings is 2. The van der Waals surface area contributed by atoms with E-state index in [0.29, 0.717) is 5.76 Å². The number of nitrogens with zero attached hydrogens (tertiary/aromatic N) is 2. The number of fused-ring (bicyclic) bond motifs is 1. The van der Waals surface area contributed by atoms with Gasteiger partial charge in [0, 0.05) is 18.2 Å². The molecule has 4 rings (SSSR count). The third kappa shape index (κ3) is 5.81. The van der Waals surface area contributed by atoms with Crippen LogP contribution in [-0.4, -0.2) is 58.1 Å². The molecule has 178 valence electrons. The molecule has 1 saturated heterocycles. The second-order valence-electron chi connectivity index (χ2n) is 7.15. The van der Waals surface area contributed by atoms with Gasteiger partial charge in [0.2, 0.25) is 5.71 Å². The summed E-state index contributed by atoms with van der Waals surface area (Å²) in [6, 6.07) is 5.37. The van der Waals surface area contributed by atoms with E-state index in [-0.39, 0.29) is 71.3 Å². The molecule has 1 fully saturated rings. The first kappa shape index (κ1) is 26.6. The van der Waals surface area contributed by atoms with Crippen molar-refractivity contribution in [2.75, 3.05) is 12.4 Å². The molecule has 2 aromatic rings. The number of carbonyl (C=O) groups excluding carboxylic acids is 4. The van der Waals surface area contributed by atoms with Gasteiger partial charge >= 0.3 is 35.5 Å². The standard InChI is InChI=1S/C21H19N3O9S.Na/c1-11(25)32-8-12-10-34-20-16(19(27)24(20)17(12)21(28)29)22-18(26)15(14-5-3-7-31-14)23-33-9-13-4-2-6-30-13;/h2-7,16,20H,8-10H2,1H3,(H,22,26)(H,28,29);/q;+1/p-1/t16-,20-;/m1./s1. The molecule has 0 unspecified atom stereocenters. The van der Waals surface area contributed by atoms with Crippen LogP contribution in [0, 0.1) is 0 Å². The average Bonchev–Trinajstić information content (AvgIpc) is 3.52. The quantitative estimate of drug-likeness (QED) is 0.119. The molecule has 2 amide bonds. The van der Waals surface area contributed by atoms with E-state index in [1.165, 1.54) is 37.3 Å². The van der Waals surface area contributed by atoms with Crippen LogP contribution in [0.4, 0.5) is 0 Å². The maximum absolute atomic E-state index is 12.9. The smallest absolute Gasteiger partial charge is 0.543 e. The number of amides is 2. The third-order valence-electron chi connectivity index (χ3n) is 4.89. The van der Waals surface area contributed by atoms with Crippen LogP contribution in [-0.2, 0) is 35.4 Å². The Kier molecular flexibility index (Phi) is 8.83. The fourth-order valence-corrected chi connectivity index (χ4v) is 4.68. The predicted octanol–water partition coefficient (Wildman–Crippen LogP) is -3.24. The van der Waals surface area contributed by atoms with Gasteiger partial charge < -0.3 is 33.6 Å². The monoisotopic (exact) mass is 511 g/mol. The minimum atomic E-state index is -1.57. The molecule has 0 radical (unpaired) electrons. The normalized spacial score (nSPS) is 19.3. The largest absolute Gasteiger partial charge is 1.00 e. The number of aliphatic carboxylic acids is 1. The SMILES string of the molecule is CC(=O)OCC1=C(C(=O)[O-])N2C(=O)[C@@H](NC(=O)C(=NOCc3ccco3)c3ccco3)[C@H]2SC1.[Na+]. The fourth-order valence-electron chi connectivity index (χ4n) is 3.35. The topological polar surface area (TPSA) is 164 Å². The van der Waals surface area contributed by atoms with Crippen molar-refractivity contribution in [3.05, 3.63) is 59.6 Å². The summed E-state index contributed by atoms with van der Waals surface area (Å²) in [6.07, 6.45) is 2.81. The van der Waals surface area contributed by atoms with E-state index in [1.807, 2.05) is 0 Å². The summed E-state index contributed by atoms with van der Waals surface area (Å²) in [4.78, 5) is 54.7. The summed E-state index contributed by atoms with van der Waals surface area (Å²) < 4.78 is 15.3. The molecule has 0 spiro atoms. The van der Waals surface area contributed by atoms with Crippen LogP contribution in [0.25, 0.3) is 0 Å². The molecular weight excluding hydrogens is 493 g/mol. The second-order valence-corrected chi connectivity index (χ2v) is 8.26. The number of oxime groups is 1. The first-order valence-corrected chi connectivity index (χ1v) is 11.0. The number of carboxylic acids is 1. The van der Waals surface area contributed by atoms with Crippen LogP contribution in [0.5, 0.6) is 0 Å².